The molecule has 0 saturated carbocycles. The average Bonchev–Trinajstić information content (AvgIpc) is 2.88. The predicted octanol–water partition coefficient (Wildman–Crippen LogP) is 4.31. The highest BCUT2D eigenvalue weighted by Gasteiger charge is 2.08. The van der Waals surface area contributed by atoms with Crippen LogP contribution < -0.4 is 0 Å². The maximum absolute atomic E-state index is 4.42. The lowest BCUT2D eigenvalue weighted by Gasteiger charge is -2.02. The molecule has 96 valence electrons. The third-order valence-electron chi connectivity index (χ3n) is 3.73. The smallest absolute Gasteiger partial charge is 0.0501 e. The van der Waals surface area contributed by atoms with Crippen molar-refractivity contribution < 1.29 is 0 Å². The highest BCUT2D eigenvalue weighted by Crippen LogP contribution is 2.28. The molecule has 0 radical (unpaired) electrons. The normalized spacial score (nSPS) is 11.2. The molecule has 4 aromatic rings. The van der Waals surface area contributed by atoms with Crippen molar-refractivity contribution in [2.24, 2.45) is 0 Å². The Bertz CT molecular complexity index is 876. The molecule has 2 heteroatoms. The van der Waals surface area contributed by atoms with E-state index in [0.29, 0.717) is 0 Å². The molecule has 20 heavy (non-hydrogen) atoms. The van der Waals surface area contributed by atoms with E-state index in [-0.39, 0.29) is 0 Å². The van der Waals surface area contributed by atoms with E-state index in [1.807, 2.05) is 18.3 Å². The van der Waals surface area contributed by atoms with Crippen LogP contribution in [-0.2, 0) is 6.42 Å². The maximum Gasteiger partial charge on any atom is 0.0501 e. The number of nitrogens with one attached hydrogen (secondary N) is 1. The van der Waals surface area contributed by atoms with Crippen molar-refractivity contribution >= 4 is 21.8 Å². The third-order valence-corrected chi connectivity index (χ3v) is 3.73. The largest absolute Gasteiger partial charge is 0.354 e. The Morgan fingerprint density at radius 3 is 2.55 bits per heavy atom. The van der Waals surface area contributed by atoms with Crippen molar-refractivity contribution in [1.29, 1.82) is 0 Å². The summed E-state index contributed by atoms with van der Waals surface area (Å²) in [4.78, 5) is 7.96. The summed E-state index contributed by atoms with van der Waals surface area (Å²) in [5.41, 5.74) is 4.80. The highest BCUT2D eigenvalue weighted by molar-refractivity contribution is 6.08. The summed E-state index contributed by atoms with van der Waals surface area (Å²) in [5, 5.41) is 2.57. The van der Waals surface area contributed by atoms with Gasteiger partial charge in [0.05, 0.1) is 5.52 Å². The Morgan fingerprint density at radius 2 is 1.65 bits per heavy atom. The Hall–Kier alpha value is -2.61. The number of para-hydroxylation sites is 2. The number of hydrogen-bond acceptors (Lipinski definition) is 1. The minimum absolute atomic E-state index is 0.852. The number of benzene rings is 2. The number of fused-ring (bicyclic) bond motifs is 3. The molecule has 0 aliphatic rings. The number of rotatable bonds is 2. The summed E-state index contributed by atoms with van der Waals surface area (Å²) in [7, 11) is 0. The van der Waals surface area contributed by atoms with Crippen molar-refractivity contribution in [2.75, 3.05) is 0 Å². The van der Waals surface area contributed by atoms with Gasteiger partial charge >= 0.3 is 0 Å². The second kappa shape index (κ2) is 4.49. The molecule has 0 fully saturated rings. The van der Waals surface area contributed by atoms with Crippen molar-refractivity contribution in [3.8, 4) is 0 Å². The summed E-state index contributed by atoms with van der Waals surface area (Å²) in [6.07, 6.45) is 2.70. The van der Waals surface area contributed by atoms with Gasteiger partial charge in [0.2, 0.25) is 0 Å². The highest BCUT2D eigenvalue weighted by atomic mass is 14.7. The molecule has 2 aromatic heterocycles. The maximum atomic E-state index is 4.42. The molecule has 1 N–H and O–H groups in total. The molecule has 0 atom stereocenters. The zero-order valence-corrected chi connectivity index (χ0v) is 11.0. The van der Waals surface area contributed by atoms with Gasteiger partial charge in [-0.1, -0.05) is 42.5 Å². The summed E-state index contributed by atoms with van der Waals surface area (Å²) in [6, 6.07) is 21.0. The van der Waals surface area contributed by atoms with Gasteiger partial charge < -0.3 is 4.98 Å². The topological polar surface area (TPSA) is 28.7 Å². The molecule has 0 aliphatic heterocycles. The lowest BCUT2D eigenvalue weighted by Crippen LogP contribution is -1.92. The van der Waals surface area contributed by atoms with Crippen LogP contribution in [-0.4, -0.2) is 9.97 Å². The average molecular weight is 258 g/mol. The number of H-pyrrole nitrogens is 1. The molecular weight excluding hydrogens is 244 g/mol. The lowest BCUT2D eigenvalue weighted by atomic mass is 10.0. The fraction of sp³-hybridized carbons (Fsp3) is 0.0556. The summed E-state index contributed by atoms with van der Waals surface area (Å²) < 4.78 is 0. The summed E-state index contributed by atoms with van der Waals surface area (Å²) >= 11 is 0. The van der Waals surface area contributed by atoms with E-state index in [4.69, 9.17) is 0 Å². The van der Waals surface area contributed by atoms with E-state index in [1.54, 1.807) is 0 Å². The second-order valence-corrected chi connectivity index (χ2v) is 5.01. The Balaban J connectivity index is 1.91. The first-order valence-corrected chi connectivity index (χ1v) is 6.80. The molecule has 0 bridgehead atoms. The van der Waals surface area contributed by atoms with E-state index in [0.717, 1.165) is 12.1 Å². The van der Waals surface area contributed by atoms with Crippen LogP contribution in [0.5, 0.6) is 0 Å². The van der Waals surface area contributed by atoms with E-state index >= 15 is 0 Å². The number of pyridine rings is 1. The monoisotopic (exact) mass is 258 g/mol. The fourth-order valence-electron chi connectivity index (χ4n) is 2.78. The zero-order chi connectivity index (χ0) is 13.4. The third kappa shape index (κ3) is 1.77. The second-order valence-electron chi connectivity index (χ2n) is 5.01. The molecule has 0 spiro atoms. The quantitative estimate of drug-likeness (QED) is 0.570. The van der Waals surface area contributed by atoms with Crippen molar-refractivity contribution in [3.63, 3.8) is 0 Å². The van der Waals surface area contributed by atoms with E-state index < -0.39 is 0 Å². The van der Waals surface area contributed by atoms with Gasteiger partial charge in [0, 0.05) is 34.6 Å². The first-order chi connectivity index (χ1) is 9.92. The minimum atomic E-state index is 0.852. The van der Waals surface area contributed by atoms with Crippen LogP contribution >= 0.6 is 0 Å². The van der Waals surface area contributed by atoms with Crippen LogP contribution in [0.3, 0.4) is 0 Å². The van der Waals surface area contributed by atoms with Crippen molar-refractivity contribution in [1.82, 2.24) is 9.97 Å². The van der Waals surface area contributed by atoms with Gasteiger partial charge in [-0.25, -0.2) is 0 Å². The van der Waals surface area contributed by atoms with Gasteiger partial charge in [0.15, 0.2) is 0 Å². The van der Waals surface area contributed by atoms with Crippen LogP contribution in [0.2, 0.25) is 0 Å². The van der Waals surface area contributed by atoms with Crippen LogP contribution in [0.25, 0.3) is 21.8 Å². The first kappa shape index (κ1) is 11.2. The molecule has 0 saturated heterocycles. The minimum Gasteiger partial charge on any atom is -0.354 e. The zero-order valence-electron chi connectivity index (χ0n) is 11.0. The molecule has 0 aliphatic carbocycles. The lowest BCUT2D eigenvalue weighted by molar-refractivity contribution is 1.08. The number of hydrogen-bond donors (Lipinski definition) is 1. The Labute approximate surface area is 117 Å². The van der Waals surface area contributed by atoms with E-state index in [9.17, 15) is 0 Å². The van der Waals surface area contributed by atoms with Crippen molar-refractivity contribution in [2.45, 2.75) is 6.42 Å². The van der Waals surface area contributed by atoms with Crippen LogP contribution in [0.4, 0.5) is 0 Å². The molecule has 4 rings (SSSR count). The van der Waals surface area contributed by atoms with Gasteiger partial charge in [0.25, 0.3) is 0 Å². The van der Waals surface area contributed by atoms with Crippen LogP contribution in [0.15, 0.2) is 66.9 Å². The SMILES string of the molecule is c1ccc(Cc2cccc3c2[nH]c2ccccc23)nc1. The summed E-state index contributed by atoms with van der Waals surface area (Å²) in [6.45, 7) is 0. The van der Waals surface area contributed by atoms with Crippen LogP contribution in [0.1, 0.15) is 11.3 Å². The molecule has 0 unspecified atom stereocenters. The van der Waals surface area contributed by atoms with Gasteiger partial charge in [0.1, 0.15) is 0 Å². The van der Waals surface area contributed by atoms with E-state index in [1.165, 1.54) is 27.4 Å². The number of aromatic nitrogens is 2. The van der Waals surface area contributed by atoms with Gasteiger partial charge in [-0.05, 0) is 23.8 Å². The van der Waals surface area contributed by atoms with Gasteiger partial charge in [-0.2, -0.15) is 0 Å². The standard InChI is InChI=1S/C18H14N2/c1-2-10-17-15(8-1)16-9-5-6-13(18(16)20-17)12-14-7-3-4-11-19-14/h1-11,20H,12H2. The summed E-state index contributed by atoms with van der Waals surface area (Å²) in [5.74, 6) is 0. The predicted molar refractivity (Wildman–Crippen MR) is 82.8 cm³/mol. The molecule has 2 nitrogen and oxygen atoms in total. The Kier molecular flexibility index (Phi) is 2.52. The number of nitrogens with zero attached hydrogens (tertiary/aromatic N) is 1. The van der Waals surface area contributed by atoms with Gasteiger partial charge in [-0.15, -0.1) is 0 Å². The van der Waals surface area contributed by atoms with E-state index in [2.05, 4.69) is 58.5 Å². The molecule has 0 amide bonds. The van der Waals surface area contributed by atoms with Crippen LogP contribution in [0, 0.1) is 0 Å². The van der Waals surface area contributed by atoms with Crippen molar-refractivity contribution in [3.05, 3.63) is 78.1 Å². The first-order valence-electron chi connectivity index (χ1n) is 6.80. The Morgan fingerprint density at radius 1 is 0.800 bits per heavy atom. The fourth-order valence-corrected chi connectivity index (χ4v) is 2.78. The van der Waals surface area contributed by atoms with Gasteiger partial charge in [-0.3, -0.25) is 4.98 Å². The molecular formula is C18H14N2. The number of aromatic amines is 1. The molecule has 2 aromatic carbocycles. The molecule has 2 heterocycles.